The molecule has 20 heavy (non-hydrogen) atoms. The van der Waals surface area contributed by atoms with Crippen molar-refractivity contribution in [3.05, 3.63) is 35.9 Å². The van der Waals surface area contributed by atoms with Crippen LogP contribution in [0.2, 0.25) is 0 Å². The number of ether oxygens (including phenoxy) is 1. The quantitative estimate of drug-likeness (QED) is 0.771. The van der Waals surface area contributed by atoms with Crippen molar-refractivity contribution >= 4 is 5.78 Å². The molecule has 0 amide bonds. The fourth-order valence-corrected chi connectivity index (χ4v) is 4.27. The van der Waals surface area contributed by atoms with Gasteiger partial charge in [-0.15, -0.1) is 0 Å². The summed E-state index contributed by atoms with van der Waals surface area (Å²) in [6.45, 7) is 7.30. The van der Waals surface area contributed by atoms with E-state index in [1.165, 1.54) is 12.8 Å². The van der Waals surface area contributed by atoms with E-state index in [1.54, 1.807) is 0 Å². The number of rotatable bonds is 4. The van der Waals surface area contributed by atoms with Crippen LogP contribution in [-0.2, 0) is 4.74 Å². The highest BCUT2D eigenvalue weighted by atomic mass is 16.5. The Hall–Kier alpha value is -1.15. The topological polar surface area (TPSA) is 26.3 Å². The molecule has 2 aliphatic rings. The molecule has 0 spiro atoms. The average molecular weight is 272 g/mol. The minimum atomic E-state index is 0.0924. The molecule has 0 radical (unpaired) electrons. The van der Waals surface area contributed by atoms with E-state index in [4.69, 9.17) is 4.74 Å². The molecule has 0 aromatic heterocycles. The molecule has 2 nitrogen and oxygen atoms in total. The number of hydrogen-bond acceptors (Lipinski definition) is 2. The minimum absolute atomic E-state index is 0.0924. The Morgan fingerprint density at radius 3 is 2.50 bits per heavy atom. The molecule has 2 bridgehead atoms. The van der Waals surface area contributed by atoms with Crippen LogP contribution in [0.25, 0.3) is 0 Å². The lowest BCUT2D eigenvalue weighted by Gasteiger charge is -2.38. The molecule has 108 valence electrons. The Kier molecular flexibility index (Phi) is 3.24. The number of carbonyl (C=O) groups is 1. The normalized spacial score (nSPS) is 34.4. The van der Waals surface area contributed by atoms with Crippen molar-refractivity contribution in [1.29, 1.82) is 0 Å². The van der Waals surface area contributed by atoms with Crippen LogP contribution in [0, 0.1) is 16.7 Å². The highest BCUT2D eigenvalue weighted by molar-refractivity contribution is 5.97. The smallest absolute Gasteiger partial charge is 0.188 e. The highest BCUT2D eigenvalue weighted by Crippen LogP contribution is 2.66. The number of carbonyl (C=O) groups excluding carboxylic acids is 1. The Morgan fingerprint density at radius 1 is 1.25 bits per heavy atom. The number of benzene rings is 1. The second-order valence-corrected chi connectivity index (χ2v) is 7.20. The van der Waals surface area contributed by atoms with Crippen molar-refractivity contribution < 1.29 is 9.53 Å². The average Bonchev–Trinajstić information content (AvgIpc) is 2.78. The van der Waals surface area contributed by atoms with Crippen LogP contribution in [-0.4, -0.2) is 18.5 Å². The Bertz CT molecular complexity index is 505. The standard InChI is InChI=1S/C18H24O2/c1-17(2)14-9-10-18(17,3)16(11-14)20-12-15(19)13-7-5-4-6-8-13/h4-8,14,16H,9-12H2,1-3H3. The maximum Gasteiger partial charge on any atom is 0.188 e. The van der Waals surface area contributed by atoms with Gasteiger partial charge in [0, 0.05) is 5.56 Å². The van der Waals surface area contributed by atoms with Crippen LogP contribution in [0.1, 0.15) is 50.4 Å². The Balaban J connectivity index is 1.65. The van der Waals surface area contributed by atoms with Crippen LogP contribution < -0.4 is 0 Å². The lowest BCUT2D eigenvalue weighted by atomic mass is 9.70. The summed E-state index contributed by atoms with van der Waals surface area (Å²) in [4.78, 5) is 12.1. The first-order valence-electron chi connectivity index (χ1n) is 7.65. The largest absolute Gasteiger partial charge is 0.369 e. The van der Waals surface area contributed by atoms with E-state index in [1.807, 2.05) is 30.3 Å². The van der Waals surface area contributed by atoms with Gasteiger partial charge in [0.15, 0.2) is 5.78 Å². The molecule has 0 N–H and O–H groups in total. The van der Waals surface area contributed by atoms with E-state index in [0.29, 0.717) is 5.41 Å². The second kappa shape index (κ2) is 4.70. The van der Waals surface area contributed by atoms with E-state index in [9.17, 15) is 4.79 Å². The van der Waals surface area contributed by atoms with Crippen molar-refractivity contribution in [1.82, 2.24) is 0 Å². The monoisotopic (exact) mass is 272 g/mol. The summed E-state index contributed by atoms with van der Waals surface area (Å²) in [7, 11) is 0. The highest BCUT2D eigenvalue weighted by Gasteiger charge is 2.61. The molecule has 0 saturated heterocycles. The van der Waals surface area contributed by atoms with Gasteiger partial charge in [0.2, 0.25) is 0 Å². The van der Waals surface area contributed by atoms with Crippen LogP contribution in [0.15, 0.2) is 30.3 Å². The summed E-state index contributed by atoms with van der Waals surface area (Å²) in [5.74, 6) is 0.846. The predicted molar refractivity (Wildman–Crippen MR) is 79.7 cm³/mol. The van der Waals surface area contributed by atoms with Gasteiger partial charge >= 0.3 is 0 Å². The van der Waals surface area contributed by atoms with Crippen LogP contribution in [0.3, 0.4) is 0 Å². The summed E-state index contributed by atoms with van der Waals surface area (Å²) in [5, 5.41) is 0. The molecule has 3 unspecified atom stereocenters. The third kappa shape index (κ3) is 1.93. The molecule has 2 saturated carbocycles. The van der Waals surface area contributed by atoms with Crippen molar-refractivity contribution in [2.24, 2.45) is 16.7 Å². The molecule has 2 aliphatic carbocycles. The lowest BCUT2D eigenvalue weighted by molar-refractivity contribution is -0.0390. The predicted octanol–water partition coefficient (Wildman–Crippen LogP) is 4.10. The molecule has 1 aromatic carbocycles. The first-order chi connectivity index (χ1) is 9.45. The summed E-state index contributed by atoms with van der Waals surface area (Å²) in [6, 6.07) is 9.44. The molecule has 0 heterocycles. The van der Waals surface area contributed by atoms with Crippen molar-refractivity contribution in [3.63, 3.8) is 0 Å². The Morgan fingerprint density at radius 2 is 1.95 bits per heavy atom. The van der Waals surface area contributed by atoms with Crippen LogP contribution in [0.5, 0.6) is 0 Å². The van der Waals surface area contributed by atoms with E-state index < -0.39 is 0 Å². The summed E-state index contributed by atoms with van der Waals surface area (Å²) < 4.78 is 6.04. The summed E-state index contributed by atoms with van der Waals surface area (Å²) >= 11 is 0. The fraction of sp³-hybridized carbons (Fsp3) is 0.611. The van der Waals surface area contributed by atoms with Gasteiger partial charge in [0.25, 0.3) is 0 Å². The van der Waals surface area contributed by atoms with Gasteiger partial charge in [-0.25, -0.2) is 0 Å². The van der Waals surface area contributed by atoms with Crippen LogP contribution in [0.4, 0.5) is 0 Å². The Labute approximate surface area is 121 Å². The van der Waals surface area contributed by atoms with E-state index in [2.05, 4.69) is 20.8 Å². The van der Waals surface area contributed by atoms with Gasteiger partial charge < -0.3 is 4.74 Å². The molecule has 3 rings (SSSR count). The minimum Gasteiger partial charge on any atom is -0.369 e. The fourth-order valence-electron chi connectivity index (χ4n) is 4.27. The first-order valence-corrected chi connectivity index (χ1v) is 7.65. The zero-order chi connectivity index (χ0) is 14.4. The zero-order valence-electron chi connectivity index (χ0n) is 12.7. The third-order valence-electron chi connectivity index (χ3n) is 6.23. The third-order valence-corrected chi connectivity index (χ3v) is 6.23. The lowest BCUT2D eigenvalue weighted by Crippen LogP contribution is -2.38. The van der Waals surface area contributed by atoms with Gasteiger partial charge in [0.1, 0.15) is 6.61 Å². The van der Waals surface area contributed by atoms with Gasteiger partial charge in [-0.05, 0) is 36.0 Å². The molecule has 2 heteroatoms. The maximum absolute atomic E-state index is 12.1. The SMILES string of the molecule is CC1(C)C2CCC1(C)C(OCC(=O)c1ccccc1)C2. The summed E-state index contributed by atoms with van der Waals surface area (Å²) in [5.41, 5.74) is 1.32. The van der Waals surface area contributed by atoms with E-state index in [0.717, 1.165) is 17.9 Å². The number of ketones is 1. The summed E-state index contributed by atoms with van der Waals surface area (Å²) in [6.07, 6.45) is 3.90. The first kappa shape index (κ1) is 13.8. The number of fused-ring (bicyclic) bond motifs is 2. The molecule has 2 fully saturated rings. The van der Waals surface area contributed by atoms with E-state index in [-0.39, 0.29) is 23.9 Å². The van der Waals surface area contributed by atoms with Crippen molar-refractivity contribution in [2.45, 2.75) is 46.1 Å². The second-order valence-electron chi connectivity index (χ2n) is 7.20. The van der Waals surface area contributed by atoms with Crippen molar-refractivity contribution in [3.8, 4) is 0 Å². The molecular formula is C18H24O2. The van der Waals surface area contributed by atoms with Gasteiger partial charge in [-0.1, -0.05) is 51.1 Å². The molecular weight excluding hydrogens is 248 g/mol. The van der Waals surface area contributed by atoms with Crippen molar-refractivity contribution in [2.75, 3.05) is 6.61 Å². The number of Topliss-reactive ketones (excluding diaryl/α,β-unsaturated/α-hetero) is 1. The van der Waals surface area contributed by atoms with Gasteiger partial charge in [-0.3, -0.25) is 4.79 Å². The molecule has 1 aromatic rings. The van der Waals surface area contributed by atoms with Gasteiger partial charge in [-0.2, -0.15) is 0 Å². The zero-order valence-corrected chi connectivity index (χ0v) is 12.7. The van der Waals surface area contributed by atoms with Gasteiger partial charge in [0.05, 0.1) is 6.10 Å². The molecule has 3 atom stereocenters. The molecule has 0 aliphatic heterocycles. The maximum atomic E-state index is 12.1. The van der Waals surface area contributed by atoms with Crippen LogP contribution >= 0.6 is 0 Å². The van der Waals surface area contributed by atoms with E-state index >= 15 is 0 Å². The number of hydrogen-bond donors (Lipinski definition) is 0.